The number of nitrogens with one attached hydrogen (secondary N) is 2. The number of hydrogen-bond donors (Lipinski definition) is 2. The van der Waals surface area contributed by atoms with Crippen molar-refractivity contribution >= 4 is 34.8 Å². The first-order chi connectivity index (χ1) is 17.6. The van der Waals surface area contributed by atoms with Crippen molar-refractivity contribution in [1.82, 2.24) is 4.90 Å². The SMILES string of the molecule is CC(C)(C)c1ccc(C(=O)Nc2cccc(NC(=O)C3CCN(Cc4ccc(Cl)cc4F)CC3)c2)cc1. The second kappa shape index (κ2) is 11.4. The predicted octanol–water partition coefficient (Wildman–Crippen LogP) is 6.88. The summed E-state index contributed by atoms with van der Waals surface area (Å²) >= 11 is 5.84. The smallest absolute Gasteiger partial charge is 0.255 e. The summed E-state index contributed by atoms with van der Waals surface area (Å²) in [5.41, 5.74) is 3.62. The molecule has 7 heteroatoms. The van der Waals surface area contributed by atoms with Crippen LogP contribution in [0.1, 0.15) is 55.1 Å². The average Bonchev–Trinajstić information content (AvgIpc) is 2.86. The molecule has 1 heterocycles. The summed E-state index contributed by atoms with van der Waals surface area (Å²) in [6.45, 7) is 8.32. The van der Waals surface area contributed by atoms with Crippen LogP contribution in [-0.4, -0.2) is 29.8 Å². The predicted molar refractivity (Wildman–Crippen MR) is 148 cm³/mol. The summed E-state index contributed by atoms with van der Waals surface area (Å²) in [7, 11) is 0. The van der Waals surface area contributed by atoms with Gasteiger partial charge in [-0.05, 0) is 79.4 Å². The average molecular weight is 522 g/mol. The van der Waals surface area contributed by atoms with Crippen LogP contribution in [0, 0.1) is 11.7 Å². The first kappa shape index (κ1) is 26.8. The monoisotopic (exact) mass is 521 g/mol. The van der Waals surface area contributed by atoms with E-state index in [1.54, 1.807) is 30.3 Å². The van der Waals surface area contributed by atoms with Crippen molar-refractivity contribution in [3.63, 3.8) is 0 Å². The molecule has 4 rings (SSSR count). The number of nitrogens with zero attached hydrogens (tertiary/aromatic N) is 1. The second-order valence-corrected chi connectivity index (χ2v) is 11.1. The lowest BCUT2D eigenvalue weighted by Crippen LogP contribution is -2.37. The lowest BCUT2D eigenvalue weighted by molar-refractivity contribution is -0.121. The largest absolute Gasteiger partial charge is 0.326 e. The number of halogens is 2. The molecule has 2 amide bonds. The van der Waals surface area contributed by atoms with Crippen LogP contribution in [-0.2, 0) is 16.8 Å². The van der Waals surface area contributed by atoms with Gasteiger partial charge in [0.15, 0.2) is 0 Å². The number of carbonyl (C=O) groups is 2. The molecule has 0 atom stereocenters. The Labute approximate surface area is 223 Å². The van der Waals surface area contributed by atoms with Crippen LogP contribution in [0.2, 0.25) is 5.02 Å². The van der Waals surface area contributed by atoms with Gasteiger partial charge in [0.05, 0.1) is 0 Å². The highest BCUT2D eigenvalue weighted by atomic mass is 35.5. The molecule has 194 valence electrons. The highest BCUT2D eigenvalue weighted by Gasteiger charge is 2.25. The highest BCUT2D eigenvalue weighted by Crippen LogP contribution is 2.25. The topological polar surface area (TPSA) is 61.4 Å². The van der Waals surface area contributed by atoms with E-state index in [0.717, 1.165) is 5.56 Å². The van der Waals surface area contributed by atoms with E-state index < -0.39 is 0 Å². The number of anilines is 2. The maximum Gasteiger partial charge on any atom is 0.255 e. The molecule has 2 N–H and O–H groups in total. The fourth-order valence-corrected chi connectivity index (χ4v) is 4.65. The fourth-order valence-electron chi connectivity index (χ4n) is 4.49. The van der Waals surface area contributed by atoms with Gasteiger partial charge < -0.3 is 10.6 Å². The molecule has 1 aliphatic rings. The zero-order chi connectivity index (χ0) is 26.6. The van der Waals surface area contributed by atoms with E-state index in [1.807, 2.05) is 30.3 Å². The van der Waals surface area contributed by atoms with Gasteiger partial charge in [-0.3, -0.25) is 14.5 Å². The van der Waals surface area contributed by atoms with Crippen molar-refractivity contribution < 1.29 is 14.0 Å². The molecule has 3 aromatic rings. The number of benzene rings is 3. The molecule has 0 saturated carbocycles. The summed E-state index contributed by atoms with van der Waals surface area (Å²) in [6, 6.07) is 19.5. The highest BCUT2D eigenvalue weighted by molar-refractivity contribution is 6.30. The van der Waals surface area contributed by atoms with E-state index in [4.69, 9.17) is 11.6 Å². The minimum Gasteiger partial charge on any atom is -0.326 e. The molecule has 0 spiro atoms. The Hall–Kier alpha value is -3.22. The molecule has 0 unspecified atom stereocenters. The van der Waals surface area contributed by atoms with Crippen LogP contribution in [0.25, 0.3) is 0 Å². The van der Waals surface area contributed by atoms with E-state index in [2.05, 4.69) is 36.3 Å². The molecule has 0 bridgehead atoms. The fraction of sp³-hybridized carbons (Fsp3) is 0.333. The van der Waals surface area contributed by atoms with Gasteiger partial charge in [0.25, 0.3) is 5.91 Å². The summed E-state index contributed by atoms with van der Waals surface area (Å²) < 4.78 is 14.1. The minimum atomic E-state index is -0.304. The van der Waals surface area contributed by atoms with Crippen molar-refractivity contribution in [2.24, 2.45) is 5.92 Å². The molecule has 3 aromatic carbocycles. The Bertz CT molecular complexity index is 1260. The molecule has 0 radical (unpaired) electrons. The van der Waals surface area contributed by atoms with Crippen LogP contribution in [0.4, 0.5) is 15.8 Å². The van der Waals surface area contributed by atoms with Crippen LogP contribution in [0.15, 0.2) is 66.7 Å². The van der Waals surface area contributed by atoms with E-state index in [-0.39, 0.29) is 29.0 Å². The van der Waals surface area contributed by atoms with Gasteiger partial charge in [-0.2, -0.15) is 0 Å². The molecule has 0 aromatic heterocycles. The third kappa shape index (κ3) is 7.18. The zero-order valence-electron chi connectivity index (χ0n) is 21.5. The van der Waals surface area contributed by atoms with Gasteiger partial charge in [-0.25, -0.2) is 4.39 Å². The standard InChI is InChI=1S/C30H33ClFN3O2/c1-30(2,3)23-10-7-20(8-11-23)28(36)33-25-5-4-6-26(18-25)34-29(37)21-13-15-35(16-14-21)19-22-9-12-24(31)17-27(22)32/h4-12,17-18,21H,13-16,19H2,1-3H3,(H,33,36)(H,34,37). The van der Waals surface area contributed by atoms with Crippen LogP contribution < -0.4 is 10.6 Å². The second-order valence-electron chi connectivity index (χ2n) is 10.6. The Morgan fingerprint density at radius 1 is 0.946 bits per heavy atom. The summed E-state index contributed by atoms with van der Waals surface area (Å²) in [5, 5.41) is 6.28. The van der Waals surface area contributed by atoms with Crippen molar-refractivity contribution in [2.45, 2.75) is 45.6 Å². The van der Waals surface area contributed by atoms with Gasteiger partial charge in [0, 0.05) is 40.0 Å². The third-order valence-electron chi connectivity index (χ3n) is 6.77. The van der Waals surface area contributed by atoms with Gasteiger partial charge in [-0.1, -0.05) is 56.6 Å². The molecular weight excluding hydrogens is 489 g/mol. The number of carbonyl (C=O) groups excluding carboxylic acids is 2. The van der Waals surface area contributed by atoms with Crippen molar-refractivity contribution in [3.05, 3.63) is 94.3 Å². The van der Waals surface area contributed by atoms with Crippen LogP contribution in [0.3, 0.4) is 0 Å². The minimum absolute atomic E-state index is 0.0206. The first-order valence-corrected chi connectivity index (χ1v) is 13.0. The van der Waals surface area contributed by atoms with Crippen LogP contribution >= 0.6 is 11.6 Å². The first-order valence-electron chi connectivity index (χ1n) is 12.6. The number of piperidine rings is 1. The van der Waals surface area contributed by atoms with Gasteiger partial charge in [0.1, 0.15) is 5.82 Å². The number of hydrogen-bond acceptors (Lipinski definition) is 3. The van der Waals surface area contributed by atoms with Gasteiger partial charge >= 0.3 is 0 Å². The summed E-state index contributed by atoms with van der Waals surface area (Å²) in [4.78, 5) is 27.8. The number of amides is 2. The summed E-state index contributed by atoms with van der Waals surface area (Å²) in [5.74, 6) is -0.667. The van der Waals surface area contributed by atoms with E-state index >= 15 is 0 Å². The quantitative estimate of drug-likeness (QED) is 0.371. The lowest BCUT2D eigenvalue weighted by Gasteiger charge is -2.31. The normalized spacial score (nSPS) is 14.8. The van der Waals surface area contributed by atoms with Crippen molar-refractivity contribution in [2.75, 3.05) is 23.7 Å². The van der Waals surface area contributed by atoms with E-state index in [9.17, 15) is 14.0 Å². The van der Waals surface area contributed by atoms with Crippen molar-refractivity contribution in [3.8, 4) is 0 Å². The van der Waals surface area contributed by atoms with Gasteiger partial charge in [0.2, 0.25) is 5.91 Å². The van der Waals surface area contributed by atoms with Gasteiger partial charge in [-0.15, -0.1) is 0 Å². The lowest BCUT2D eigenvalue weighted by atomic mass is 9.87. The molecule has 5 nitrogen and oxygen atoms in total. The zero-order valence-corrected chi connectivity index (χ0v) is 22.2. The third-order valence-corrected chi connectivity index (χ3v) is 7.00. The Morgan fingerprint density at radius 3 is 2.22 bits per heavy atom. The maximum atomic E-state index is 14.1. The maximum absolute atomic E-state index is 14.1. The Balaban J connectivity index is 1.29. The summed E-state index contributed by atoms with van der Waals surface area (Å²) in [6.07, 6.45) is 1.39. The molecule has 1 fully saturated rings. The van der Waals surface area contributed by atoms with E-state index in [1.165, 1.54) is 6.07 Å². The molecule has 1 saturated heterocycles. The van der Waals surface area contributed by atoms with Crippen molar-refractivity contribution in [1.29, 1.82) is 0 Å². The molecule has 0 aliphatic carbocycles. The molecule has 37 heavy (non-hydrogen) atoms. The van der Waals surface area contributed by atoms with E-state index in [0.29, 0.717) is 60.0 Å². The Morgan fingerprint density at radius 2 is 1.59 bits per heavy atom. The number of likely N-dealkylation sites (tertiary alicyclic amines) is 1. The van der Waals surface area contributed by atoms with Crippen LogP contribution in [0.5, 0.6) is 0 Å². The number of rotatable bonds is 6. The Kier molecular flexibility index (Phi) is 8.30. The molecular formula is C30H33ClFN3O2. The molecule has 1 aliphatic heterocycles.